The van der Waals surface area contributed by atoms with Gasteiger partial charge in [0.2, 0.25) is 0 Å². The predicted molar refractivity (Wildman–Crippen MR) is 65.1 cm³/mol. The van der Waals surface area contributed by atoms with Crippen LogP contribution in [0, 0.1) is 0 Å². The van der Waals surface area contributed by atoms with E-state index in [1.807, 2.05) is 0 Å². The van der Waals surface area contributed by atoms with Crippen LogP contribution < -0.4 is 0 Å². The van der Waals surface area contributed by atoms with E-state index < -0.39 is 18.4 Å². The first-order valence-corrected chi connectivity index (χ1v) is 6.22. The average molecular weight is 246 g/mol. The Balaban J connectivity index is 0.000000325. The molecule has 0 aliphatic heterocycles. The second-order valence-electron chi connectivity index (χ2n) is 4.58. The maximum atomic E-state index is 9.43. The third-order valence-corrected chi connectivity index (χ3v) is 2.52. The molecule has 0 aliphatic rings. The molecule has 0 unspecified atom stereocenters. The van der Waals surface area contributed by atoms with Gasteiger partial charge in [0, 0.05) is 0 Å². The van der Waals surface area contributed by atoms with Gasteiger partial charge in [-0.3, -0.25) is 9.59 Å². The second kappa shape index (κ2) is 7.48. The first-order valence-electron chi connectivity index (χ1n) is 5.22. The summed E-state index contributed by atoms with van der Waals surface area (Å²) in [5, 5.41) is 15.4. The summed E-state index contributed by atoms with van der Waals surface area (Å²) in [6, 6.07) is 10.7. The van der Waals surface area contributed by atoms with Gasteiger partial charge in [-0.1, -0.05) is 0 Å². The van der Waals surface area contributed by atoms with Crippen molar-refractivity contribution >= 4 is 39.9 Å². The van der Waals surface area contributed by atoms with E-state index in [4.69, 9.17) is 10.2 Å². The van der Waals surface area contributed by atoms with Crippen LogP contribution in [0.15, 0.2) is 30.3 Å². The number of aliphatic carboxylic acids is 2. The van der Waals surface area contributed by atoms with Gasteiger partial charge in [0.25, 0.3) is 0 Å². The molecular weight excluding hydrogens is 231 g/mol. The van der Waals surface area contributed by atoms with Crippen molar-refractivity contribution in [1.29, 1.82) is 0 Å². The zero-order chi connectivity index (χ0) is 13.5. The van der Waals surface area contributed by atoms with Gasteiger partial charge < -0.3 is 10.2 Å². The number of benzene rings is 1. The Hall–Kier alpha value is -0.840. The maximum Gasteiger partial charge on any atom is 0.314 e. The largest absolute Gasteiger partial charge is 0.481 e. The number of hydrogen-bond donors (Lipinski definition) is 2. The molecule has 0 aliphatic carbocycles. The van der Waals surface area contributed by atoms with E-state index in [0.717, 1.165) is 0 Å². The van der Waals surface area contributed by atoms with Gasteiger partial charge >= 0.3 is 92.3 Å². The fourth-order valence-electron chi connectivity index (χ4n) is 1.07. The van der Waals surface area contributed by atoms with Crippen LogP contribution in [0.4, 0.5) is 0 Å². The average Bonchev–Trinajstić information content (AvgIpc) is 2.16. The van der Waals surface area contributed by atoms with Crippen LogP contribution in [-0.4, -0.2) is 50.1 Å². The molecule has 0 amide bonds. The standard InChI is InChI=1S/C9H11.C3H4O4.Na/c1-8(2)9-6-4-3-5-7-9;4-2(5)1-3(6)7;/h3-7H,1-2H3;1H2,(H,4,5)(H,6,7);. The number of carboxylic acid groups (broad SMARTS) is 2. The van der Waals surface area contributed by atoms with Crippen molar-refractivity contribution in [3.8, 4) is 0 Å². The molecule has 0 saturated carbocycles. The zero-order valence-electron chi connectivity index (χ0n) is 10.3. The van der Waals surface area contributed by atoms with E-state index in [9.17, 15) is 9.59 Å². The second-order valence-corrected chi connectivity index (χ2v) is 7.08. The number of carbonyl (C=O) groups is 2. The van der Waals surface area contributed by atoms with Crippen molar-refractivity contribution in [2.45, 2.75) is 22.9 Å². The number of carboxylic acids is 2. The molecule has 4 nitrogen and oxygen atoms in total. The van der Waals surface area contributed by atoms with Crippen LogP contribution in [0.5, 0.6) is 0 Å². The molecule has 17 heavy (non-hydrogen) atoms. The summed E-state index contributed by atoms with van der Waals surface area (Å²) >= 11 is 1.22. The summed E-state index contributed by atoms with van der Waals surface area (Å²) in [7, 11) is 0. The first-order chi connectivity index (χ1) is 7.73. The van der Waals surface area contributed by atoms with Gasteiger partial charge in [-0.2, -0.15) is 0 Å². The van der Waals surface area contributed by atoms with Crippen molar-refractivity contribution in [3.05, 3.63) is 35.9 Å². The van der Waals surface area contributed by atoms with Crippen molar-refractivity contribution < 1.29 is 19.8 Å². The third kappa shape index (κ3) is 8.92. The molecule has 0 spiro atoms. The molecule has 0 heterocycles. The number of rotatable bonds is 3. The Kier molecular flexibility index (Phi) is 7.11. The molecule has 0 fully saturated rings. The van der Waals surface area contributed by atoms with Crippen molar-refractivity contribution in [2.75, 3.05) is 0 Å². The van der Waals surface area contributed by atoms with Gasteiger partial charge in [0.15, 0.2) is 0 Å². The molecule has 0 radical (unpaired) electrons. The Morgan fingerprint density at radius 1 is 1.12 bits per heavy atom. The quantitative estimate of drug-likeness (QED) is 0.628. The SMILES string of the molecule is C[C](C)([Na])c1ccccc1.O=C(O)CC(=O)O. The molecule has 88 valence electrons. The van der Waals surface area contributed by atoms with Crippen LogP contribution in [-0.2, 0) is 12.3 Å². The van der Waals surface area contributed by atoms with Crippen LogP contribution in [0.1, 0.15) is 25.8 Å². The minimum Gasteiger partial charge on any atom is -0.481 e. The summed E-state index contributed by atoms with van der Waals surface area (Å²) in [6.07, 6.45) is -0.806. The minimum absolute atomic E-state index is 0.432. The van der Waals surface area contributed by atoms with Crippen LogP contribution in [0.25, 0.3) is 0 Å². The molecule has 1 aromatic carbocycles. The monoisotopic (exact) mass is 246 g/mol. The smallest absolute Gasteiger partial charge is 0.314 e. The topological polar surface area (TPSA) is 74.6 Å². The van der Waals surface area contributed by atoms with Gasteiger partial charge in [-0.15, -0.1) is 0 Å². The van der Waals surface area contributed by atoms with Crippen LogP contribution >= 0.6 is 0 Å². The van der Waals surface area contributed by atoms with Gasteiger partial charge in [0.05, 0.1) is 0 Å². The van der Waals surface area contributed by atoms with Crippen LogP contribution in [0.3, 0.4) is 0 Å². The van der Waals surface area contributed by atoms with Crippen molar-refractivity contribution in [1.82, 2.24) is 0 Å². The summed E-state index contributed by atoms with van der Waals surface area (Å²) in [5.74, 6) is -2.62. The van der Waals surface area contributed by atoms with Crippen molar-refractivity contribution in [2.24, 2.45) is 0 Å². The molecule has 0 aromatic heterocycles. The molecule has 0 bridgehead atoms. The number of hydrogen-bond acceptors (Lipinski definition) is 2. The normalized spacial score (nSPS) is 10.1. The molecule has 0 saturated heterocycles. The first kappa shape index (κ1) is 16.2. The van der Waals surface area contributed by atoms with Gasteiger partial charge in [-0.05, 0) is 0 Å². The van der Waals surface area contributed by atoms with Crippen molar-refractivity contribution in [3.63, 3.8) is 0 Å². The molecular formula is C12H15NaO4. The molecule has 1 rings (SSSR count). The Morgan fingerprint density at radius 3 is 1.71 bits per heavy atom. The molecule has 0 atom stereocenters. The van der Waals surface area contributed by atoms with E-state index in [1.165, 1.54) is 33.5 Å². The van der Waals surface area contributed by atoms with Gasteiger partial charge in [-0.25, -0.2) is 0 Å². The molecule has 1 aromatic rings. The van der Waals surface area contributed by atoms with Crippen LogP contribution in [0.2, 0.25) is 0 Å². The summed E-state index contributed by atoms with van der Waals surface area (Å²) in [6.45, 7) is 4.57. The summed E-state index contributed by atoms with van der Waals surface area (Å²) < 4.78 is 0.432. The van der Waals surface area contributed by atoms with E-state index >= 15 is 0 Å². The molecule has 5 heteroatoms. The maximum absolute atomic E-state index is 9.43. The van der Waals surface area contributed by atoms with E-state index in [1.54, 1.807) is 0 Å². The Labute approximate surface area is 118 Å². The Bertz CT molecular complexity index is 356. The molecule has 2 N–H and O–H groups in total. The summed E-state index contributed by atoms with van der Waals surface area (Å²) in [5.41, 5.74) is 1.46. The van der Waals surface area contributed by atoms with E-state index in [-0.39, 0.29) is 0 Å². The van der Waals surface area contributed by atoms with E-state index in [2.05, 4.69) is 44.2 Å². The fraction of sp³-hybridized carbons (Fsp3) is 0.333. The minimum atomic E-state index is -1.31. The zero-order valence-corrected chi connectivity index (χ0v) is 12.3. The predicted octanol–water partition coefficient (Wildman–Crippen LogP) is 1.64. The van der Waals surface area contributed by atoms with E-state index in [0.29, 0.717) is 2.66 Å². The fourth-order valence-corrected chi connectivity index (χ4v) is 1.40. The Morgan fingerprint density at radius 2 is 1.53 bits per heavy atom. The third-order valence-electron chi connectivity index (χ3n) is 1.94. The summed E-state index contributed by atoms with van der Waals surface area (Å²) in [4.78, 5) is 18.9. The van der Waals surface area contributed by atoms with Gasteiger partial charge in [0.1, 0.15) is 6.42 Å².